The highest BCUT2D eigenvalue weighted by Gasteiger charge is 2.43. The van der Waals surface area contributed by atoms with Crippen LogP contribution in [0.4, 0.5) is 8.78 Å². The minimum absolute atomic E-state index is 0.103. The Hall–Kier alpha value is -3.43. The first-order valence-corrected chi connectivity index (χ1v) is 8.95. The molecule has 0 unspecified atom stereocenters. The van der Waals surface area contributed by atoms with E-state index < -0.39 is 12.3 Å². The lowest BCUT2D eigenvalue weighted by atomic mass is 9.87. The van der Waals surface area contributed by atoms with Crippen LogP contribution in [0.15, 0.2) is 30.3 Å². The number of carbonyl (C=O) groups is 1. The van der Waals surface area contributed by atoms with Gasteiger partial charge in [0.2, 0.25) is 0 Å². The molecule has 0 aromatic heterocycles. The molecule has 0 radical (unpaired) electrons. The van der Waals surface area contributed by atoms with Crippen LogP contribution in [-0.4, -0.2) is 27.6 Å². The van der Waals surface area contributed by atoms with Crippen molar-refractivity contribution in [1.29, 1.82) is 0 Å². The number of esters is 1. The van der Waals surface area contributed by atoms with Gasteiger partial charge in [-0.3, -0.25) is 0 Å². The lowest BCUT2D eigenvalue weighted by molar-refractivity contribution is -0.286. The van der Waals surface area contributed by atoms with Crippen molar-refractivity contribution in [3.63, 3.8) is 0 Å². The second-order valence-corrected chi connectivity index (χ2v) is 6.97. The zero-order chi connectivity index (χ0) is 21.2. The van der Waals surface area contributed by atoms with Gasteiger partial charge in [0, 0.05) is 16.5 Å². The fraction of sp³-hybridized carbons (Fsp3) is 0.190. The summed E-state index contributed by atoms with van der Waals surface area (Å²) in [5.41, 5.74) is 1.85. The second kappa shape index (κ2) is 6.28. The minimum atomic E-state index is -3.79. The highest BCUT2D eigenvalue weighted by molar-refractivity contribution is 6.13. The predicted molar refractivity (Wildman–Crippen MR) is 98.2 cm³/mol. The molecule has 0 amide bonds. The number of aromatic hydroxyl groups is 1. The molecule has 3 aromatic rings. The van der Waals surface area contributed by atoms with E-state index in [1.54, 1.807) is 6.07 Å². The Morgan fingerprint density at radius 2 is 1.60 bits per heavy atom. The number of cyclic esters (lactones) is 1. The van der Waals surface area contributed by atoms with Crippen LogP contribution in [-0.2, 0) is 24.6 Å². The topological polar surface area (TPSA) is 105 Å². The molecule has 0 spiro atoms. The van der Waals surface area contributed by atoms with E-state index in [1.165, 1.54) is 24.3 Å². The number of hydrogen-bond acceptors (Lipinski definition) is 7. The maximum absolute atomic E-state index is 13.4. The molecule has 7 nitrogen and oxygen atoms in total. The number of benzene rings is 3. The van der Waals surface area contributed by atoms with Gasteiger partial charge < -0.3 is 29.5 Å². The van der Waals surface area contributed by atoms with Gasteiger partial charge in [-0.25, -0.2) is 4.79 Å². The third kappa shape index (κ3) is 2.59. The Bertz CT molecular complexity index is 1240. The summed E-state index contributed by atoms with van der Waals surface area (Å²) in [6.07, 6.45) is -3.79. The number of aliphatic hydroxyl groups excluding tert-OH is 2. The van der Waals surface area contributed by atoms with Gasteiger partial charge in [0.1, 0.15) is 12.4 Å². The molecule has 5 rings (SSSR count). The summed E-state index contributed by atoms with van der Waals surface area (Å²) in [6, 6.07) is 7.16. The third-order valence-electron chi connectivity index (χ3n) is 5.28. The van der Waals surface area contributed by atoms with Crippen molar-refractivity contribution in [2.45, 2.75) is 26.1 Å². The first kappa shape index (κ1) is 18.6. The Morgan fingerprint density at radius 3 is 2.30 bits per heavy atom. The number of hydrogen-bond donors (Lipinski definition) is 3. The molecule has 3 N–H and O–H groups in total. The van der Waals surface area contributed by atoms with E-state index in [0.29, 0.717) is 33.0 Å². The van der Waals surface area contributed by atoms with E-state index >= 15 is 0 Å². The van der Waals surface area contributed by atoms with Crippen molar-refractivity contribution in [3.05, 3.63) is 52.6 Å². The van der Waals surface area contributed by atoms with E-state index in [2.05, 4.69) is 9.47 Å². The lowest BCUT2D eigenvalue weighted by Gasteiger charge is -2.16. The average Bonchev–Trinajstić information content (AvgIpc) is 3.25. The van der Waals surface area contributed by atoms with Crippen LogP contribution in [0, 0.1) is 0 Å². The summed E-state index contributed by atoms with van der Waals surface area (Å²) in [5.74, 6) is -1.20. The van der Waals surface area contributed by atoms with Crippen molar-refractivity contribution >= 4 is 16.7 Å². The fourth-order valence-electron chi connectivity index (χ4n) is 3.93. The predicted octanol–water partition coefficient (Wildman–Crippen LogP) is 3.19. The summed E-state index contributed by atoms with van der Waals surface area (Å²) in [7, 11) is 0. The number of aliphatic hydroxyl groups is 2. The van der Waals surface area contributed by atoms with Crippen molar-refractivity contribution in [3.8, 4) is 28.4 Å². The highest BCUT2D eigenvalue weighted by atomic mass is 19.3. The van der Waals surface area contributed by atoms with Gasteiger partial charge in [-0.15, -0.1) is 8.78 Å². The van der Waals surface area contributed by atoms with Gasteiger partial charge in [-0.05, 0) is 46.3 Å². The van der Waals surface area contributed by atoms with Crippen LogP contribution >= 0.6 is 0 Å². The molecule has 3 aromatic carbocycles. The highest BCUT2D eigenvalue weighted by Crippen LogP contribution is 2.48. The number of ether oxygens (including phenoxy) is 3. The zero-order valence-electron chi connectivity index (χ0n) is 15.2. The van der Waals surface area contributed by atoms with Crippen molar-refractivity contribution in [2.75, 3.05) is 0 Å². The van der Waals surface area contributed by atoms with E-state index in [9.17, 15) is 28.9 Å². The van der Waals surface area contributed by atoms with Gasteiger partial charge in [-0.1, -0.05) is 6.07 Å². The second-order valence-electron chi connectivity index (χ2n) is 6.97. The molecule has 9 heteroatoms. The molecule has 2 aliphatic heterocycles. The van der Waals surface area contributed by atoms with E-state index in [0.717, 1.165) is 0 Å². The first-order chi connectivity index (χ1) is 14.3. The SMILES string of the molecule is O=C1OCc2c1c(-c1ccc3c(c1)OC(F)(F)O3)c1cc(CO)c(CO)cc1c2O. The molecule has 0 saturated heterocycles. The molecule has 0 aliphatic carbocycles. The molecule has 0 saturated carbocycles. The Kier molecular flexibility index (Phi) is 3.89. The molecule has 2 heterocycles. The van der Waals surface area contributed by atoms with Gasteiger partial charge in [0.15, 0.2) is 11.5 Å². The van der Waals surface area contributed by atoms with Gasteiger partial charge >= 0.3 is 12.3 Å². The number of halogens is 2. The molecule has 2 aliphatic rings. The van der Waals surface area contributed by atoms with Gasteiger partial charge in [-0.2, -0.15) is 0 Å². The normalized spacial score (nSPS) is 16.1. The smallest absolute Gasteiger partial charge is 0.507 e. The van der Waals surface area contributed by atoms with Crippen molar-refractivity contribution < 1.29 is 43.1 Å². The number of fused-ring (bicyclic) bond motifs is 3. The first-order valence-electron chi connectivity index (χ1n) is 8.95. The summed E-state index contributed by atoms with van der Waals surface area (Å²) >= 11 is 0. The standard InChI is InChI=1S/C21H14F2O7/c22-21(23)29-15-2-1-9(5-16(15)30-21)17-12-3-10(6-24)11(7-25)4-13(12)19(26)14-8-28-20(27)18(14)17/h1-5,24-26H,6-8H2. The van der Waals surface area contributed by atoms with Crippen LogP contribution in [0.3, 0.4) is 0 Å². The lowest BCUT2D eigenvalue weighted by Crippen LogP contribution is -2.25. The summed E-state index contributed by atoms with van der Waals surface area (Å²) in [6.45, 7) is -0.908. The number of alkyl halides is 2. The summed E-state index contributed by atoms with van der Waals surface area (Å²) in [4.78, 5) is 12.5. The average molecular weight is 416 g/mol. The van der Waals surface area contributed by atoms with Gasteiger partial charge in [0.25, 0.3) is 0 Å². The summed E-state index contributed by atoms with van der Waals surface area (Å²) in [5, 5.41) is 30.7. The molecular formula is C21H14F2O7. The van der Waals surface area contributed by atoms with Gasteiger partial charge in [0.05, 0.1) is 18.8 Å². The largest absolute Gasteiger partial charge is 0.586 e. The fourth-order valence-corrected chi connectivity index (χ4v) is 3.93. The molecule has 0 atom stereocenters. The molecule has 0 bridgehead atoms. The Balaban J connectivity index is 1.85. The number of carbonyl (C=O) groups excluding carboxylic acids is 1. The quantitative estimate of drug-likeness (QED) is 0.563. The summed E-state index contributed by atoms with van der Waals surface area (Å²) < 4.78 is 40.9. The molecular weight excluding hydrogens is 402 g/mol. The van der Waals surface area contributed by atoms with E-state index in [1.807, 2.05) is 0 Å². The molecule has 0 fully saturated rings. The zero-order valence-corrected chi connectivity index (χ0v) is 15.2. The van der Waals surface area contributed by atoms with Crippen LogP contribution < -0.4 is 9.47 Å². The maximum atomic E-state index is 13.4. The number of phenolic OH excluding ortho intramolecular Hbond substituents is 1. The molecule has 30 heavy (non-hydrogen) atoms. The van der Waals surface area contributed by atoms with Crippen LogP contribution in [0.1, 0.15) is 27.0 Å². The number of rotatable bonds is 3. The monoisotopic (exact) mass is 416 g/mol. The molecule has 154 valence electrons. The van der Waals surface area contributed by atoms with E-state index in [4.69, 9.17) is 4.74 Å². The van der Waals surface area contributed by atoms with Crippen LogP contribution in [0.25, 0.3) is 21.9 Å². The maximum Gasteiger partial charge on any atom is 0.586 e. The van der Waals surface area contributed by atoms with Crippen LogP contribution in [0.5, 0.6) is 17.2 Å². The van der Waals surface area contributed by atoms with E-state index in [-0.39, 0.29) is 48.2 Å². The third-order valence-corrected chi connectivity index (χ3v) is 5.28. The Morgan fingerprint density at radius 1 is 0.933 bits per heavy atom. The van der Waals surface area contributed by atoms with Crippen LogP contribution in [0.2, 0.25) is 0 Å². The minimum Gasteiger partial charge on any atom is -0.507 e. The number of phenols is 1. The Labute approximate surface area is 167 Å². The van der Waals surface area contributed by atoms with Crippen molar-refractivity contribution in [2.24, 2.45) is 0 Å². The van der Waals surface area contributed by atoms with Crippen molar-refractivity contribution in [1.82, 2.24) is 0 Å².